The van der Waals surface area contributed by atoms with Gasteiger partial charge in [-0.2, -0.15) is 0 Å². The van der Waals surface area contributed by atoms with Crippen LogP contribution in [0.25, 0.3) is 0 Å². The lowest BCUT2D eigenvalue weighted by atomic mass is 10.0. The Kier molecular flexibility index (Phi) is 15.9. The molecule has 0 amide bonds. The second-order valence-electron chi connectivity index (χ2n) is 6.82. The number of aliphatic imine (C=N–C) groups is 1. The first-order valence-electron chi connectivity index (χ1n) is 10.6. The molecule has 0 aliphatic carbocycles. The van der Waals surface area contributed by atoms with Gasteiger partial charge < -0.3 is 25.2 Å². The topological polar surface area (TPSA) is 75.1 Å². The molecule has 0 radical (unpaired) electrons. The molecule has 2 unspecified atom stereocenters. The van der Waals surface area contributed by atoms with Crippen LogP contribution in [0.2, 0.25) is 0 Å². The number of hydrogen-bond donors (Lipinski definition) is 3. The van der Waals surface area contributed by atoms with E-state index in [-0.39, 0.29) is 36.6 Å². The minimum absolute atomic E-state index is 0. The molecule has 0 saturated heterocycles. The van der Waals surface area contributed by atoms with E-state index in [9.17, 15) is 5.11 Å². The van der Waals surface area contributed by atoms with Gasteiger partial charge in [0.25, 0.3) is 0 Å². The van der Waals surface area contributed by atoms with E-state index in [1.54, 1.807) is 0 Å². The van der Waals surface area contributed by atoms with Gasteiger partial charge in [0.05, 0.1) is 19.3 Å². The van der Waals surface area contributed by atoms with Crippen molar-refractivity contribution in [3.05, 3.63) is 23.8 Å². The van der Waals surface area contributed by atoms with Gasteiger partial charge in [0.2, 0.25) is 0 Å². The van der Waals surface area contributed by atoms with Crippen molar-refractivity contribution < 1.29 is 14.6 Å². The van der Waals surface area contributed by atoms with E-state index in [2.05, 4.69) is 37.5 Å². The molecule has 6 nitrogen and oxygen atoms in total. The van der Waals surface area contributed by atoms with Crippen molar-refractivity contribution in [3.63, 3.8) is 0 Å². The maximum Gasteiger partial charge on any atom is 0.191 e. The van der Waals surface area contributed by atoms with Crippen molar-refractivity contribution >= 4 is 29.9 Å². The van der Waals surface area contributed by atoms with Crippen molar-refractivity contribution in [1.82, 2.24) is 10.6 Å². The van der Waals surface area contributed by atoms with E-state index < -0.39 is 0 Å². The number of aliphatic hydroxyl groups excluding tert-OH is 1. The Hall–Kier alpha value is -1.22. The summed E-state index contributed by atoms with van der Waals surface area (Å²) in [6, 6.07) is 6.11. The highest BCUT2D eigenvalue weighted by Gasteiger charge is 2.13. The average molecular weight is 521 g/mol. The average Bonchev–Trinajstić information content (AvgIpc) is 2.68. The SMILES string of the molecule is CCCC(CCO)CN=C(NCC)NC(C)c1ccc(OCC)c(OCC)c1.I. The molecule has 0 fully saturated rings. The van der Waals surface area contributed by atoms with Crippen molar-refractivity contribution in [2.24, 2.45) is 10.9 Å². The van der Waals surface area contributed by atoms with Crippen molar-refractivity contribution in [2.75, 3.05) is 32.9 Å². The zero-order chi connectivity index (χ0) is 20.8. The van der Waals surface area contributed by atoms with Crippen LogP contribution in [0.5, 0.6) is 11.5 Å². The number of benzene rings is 1. The van der Waals surface area contributed by atoms with Crippen LogP contribution in [-0.4, -0.2) is 44.0 Å². The van der Waals surface area contributed by atoms with Gasteiger partial charge in [-0.1, -0.05) is 19.4 Å². The Balaban J connectivity index is 0.00000784. The van der Waals surface area contributed by atoms with E-state index in [1.165, 1.54) is 0 Å². The molecule has 0 spiro atoms. The zero-order valence-electron chi connectivity index (χ0n) is 18.7. The summed E-state index contributed by atoms with van der Waals surface area (Å²) in [6.07, 6.45) is 2.98. The summed E-state index contributed by atoms with van der Waals surface area (Å²) in [5.74, 6) is 2.74. The van der Waals surface area contributed by atoms with Gasteiger partial charge in [-0.25, -0.2) is 0 Å². The molecule has 1 aromatic rings. The zero-order valence-corrected chi connectivity index (χ0v) is 21.0. The highest BCUT2D eigenvalue weighted by Crippen LogP contribution is 2.30. The van der Waals surface area contributed by atoms with E-state index in [0.29, 0.717) is 25.7 Å². The Bertz CT molecular complexity index is 578. The summed E-state index contributed by atoms with van der Waals surface area (Å²) >= 11 is 0. The molecule has 3 N–H and O–H groups in total. The molecule has 29 heavy (non-hydrogen) atoms. The first-order chi connectivity index (χ1) is 13.6. The fourth-order valence-corrected chi connectivity index (χ4v) is 3.08. The maximum atomic E-state index is 9.25. The Morgan fingerprint density at radius 3 is 2.34 bits per heavy atom. The molecule has 168 valence electrons. The molecule has 0 aliphatic heterocycles. The third-order valence-electron chi connectivity index (χ3n) is 4.51. The van der Waals surface area contributed by atoms with E-state index in [1.807, 2.05) is 26.0 Å². The molecular weight excluding hydrogens is 481 g/mol. The van der Waals surface area contributed by atoms with Gasteiger partial charge in [-0.15, -0.1) is 24.0 Å². The maximum absolute atomic E-state index is 9.25. The first-order valence-corrected chi connectivity index (χ1v) is 10.6. The minimum Gasteiger partial charge on any atom is -0.490 e. The predicted molar refractivity (Wildman–Crippen MR) is 132 cm³/mol. The summed E-state index contributed by atoms with van der Waals surface area (Å²) in [7, 11) is 0. The molecule has 0 aromatic heterocycles. The van der Waals surface area contributed by atoms with Crippen LogP contribution >= 0.6 is 24.0 Å². The van der Waals surface area contributed by atoms with E-state index in [0.717, 1.165) is 48.8 Å². The molecule has 1 aromatic carbocycles. The van der Waals surface area contributed by atoms with Crippen LogP contribution in [0.1, 0.15) is 65.5 Å². The standard InChI is InChI=1S/C22H39N3O3.HI/c1-6-10-18(13-14-26)16-24-22(23-7-2)25-17(5)19-11-12-20(27-8-3)21(15-19)28-9-4;/h11-12,15,17-18,26H,6-10,13-14,16H2,1-5H3,(H2,23,24,25);1H. The second-order valence-corrected chi connectivity index (χ2v) is 6.82. The summed E-state index contributed by atoms with van der Waals surface area (Å²) < 4.78 is 11.4. The Labute approximate surface area is 193 Å². The predicted octanol–water partition coefficient (Wildman–Crippen LogP) is 4.52. The molecule has 0 aliphatic rings. The van der Waals surface area contributed by atoms with Gasteiger partial charge in [0, 0.05) is 19.7 Å². The second kappa shape index (κ2) is 16.6. The van der Waals surface area contributed by atoms with Crippen LogP contribution in [0, 0.1) is 5.92 Å². The molecular formula is C22H40IN3O3. The summed E-state index contributed by atoms with van der Waals surface area (Å²) in [4.78, 5) is 4.75. The number of rotatable bonds is 13. The monoisotopic (exact) mass is 521 g/mol. The van der Waals surface area contributed by atoms with Gasteiger partial charge in [0.15, 0.2) is 17.5 Å². The van der Waals surface area contributed by atoms with E-state index >= 15 is 0 Å². The normalized spacial score (nSPS) is 13.2. The van der Waals surface area contributed by atoms with Crippen LogP contribution in [0.3, 0.4) is 0 Å². The number of aliphatic hydroxyl groups is 1. The number of hydrogen-bond acceptors (Lipinski definition) is 4. The Morgan fingerprint density at radius 1 is 1.07 bits per heavy atom. The van der Waals surface area contributed by atoms with Crippen LogP contribution < -0.4 is 20.1 Å². The first kappa shape index (κ1) is 27.8. The molecule has 0 heterocycles. The van der Waals surface area contributed by atoms with Crippen molar-refractivity contribution in [2.45, 2.75) is 59.9 Å². The Morgan fingerprint density at radius 2 is 1.76 bits per heavy atom. The number of nitrogens with zero attached hydrogens (tertiary/aromatic N) is 1. The van der Waals surface area contributed by atoms with Crippen molar-refractivity contribution in [3.8, 4) is 11.5 Å². The van der Waals surface area contributed by atoms with E-state index in [4.69, 9.17) is 14.5 Å². The fraction of sp³-hybridized carbons (Fsp3) is 0.682. The quantitative estimate of drug-likeness (QED) is 0.202. The number of nitrogens with one attached hydrogen (secondary N) is 2. The van der Waals surface area contributed by atoms with Crippen LogP contribution in [0.15, 0.2) is 23.2 Å². The number of guanidine groups is 1. The highest BCUT2D eigenvalue weighted by molar-refractivity contribution is 14.0. The molecule has 2 atom stereocenters. The minimum atomic E-state index is 0. The molecule has 0 bridgehead atoms. The lowest BCUT2D eigenvalue weighted by Crippen LogP contribution is -2.39. The lowest BCUT2D eigenvalue weighted by Gasteiger charge is -2.21. The number of halogens is 1. The third kappa shape index (κ3) is 10.4. The summed E-state index contributed by atoms with van der Waals surface area (Å²) in [6.45, 7) is 13.2. The fourth-order valence-electron chi connectivity index (χ4n) is 3.08. The van der Waals surface area contributed by atoms with Gasteiger partial charge >= 0.3 is 0 Å². The lowest BCUT2D eigenvalue weighted by molar-refractivity contribution is 0.253. The van der Waals surface area contributed by atoms with Crippen LogP contribution in [-0.2, 0) is 0 Å². The smallest absolute Gasteiger partial charge is 0.191 e. The summed E-state index contributed by atoms with van der Waals surface area (Å²) in [5, 5.41) is 16.0. The molecule has 7 heteroatoms. The van der Waals surface area contributed by atoms with Gasteiger partial charge in [-0.3, -0.25) is 4.99 Å². The third-order valence-corrected chi connectivity index (χ3v) is 4.51. The number of ether oxygens (including phenoxy) is 2. The highest BCUT2D eigenvalue weighted by atomic mass is 127. The van der Waals surface area contributed by atoms with Crippen molar-refractivity contribution in [1.29, 1.82) is 0 Å². The largest absolute Gasteiger partial charge is 0.490 e. The summed E-state index contributed by atoms with van der Waals surface area (Å²) in [5.41, 5.74) is 1.11. The molecule has 0 saturated carbocycles. The van der Waals surface area contributed by atoms with Gasteiger partial charge in [0.1, 0.15) is 0 Å². The van der Waals surface area contributed by atoms with Gasteiger partial charge in [-0.05, 0) is 64.2 Å². The van der Waals surface area contributed by atoms with Crippen LogP contribution in [0.4, 0.5) is 0 Å². The molecule has 1 rings (SSSR count).